The van der Waals surface area contributed by atoms with Gasteiger partial charge >= 0.3 is 0 Å². The van der Waals surface area contributed by atoms with Gasteiger partial charge in [0.25, 0.3) is 0 Å². The van der Waals surface area contributed by atoms with E-state index in [1.165, 1.54) is 0 Å². The maximum absolute atomic E-state index is 11.4. The van der Waals surface area contributed by atoms with Crippen LogP contribution in [0.1, 0.15) is 0 Å². The van der Waals surface area contributed by atoms with Gasteiger partial charge < -0.3 is 35.3 Å². The van der Waals surface area contributed by atoms with Crippen molar-refractivity contribution in [1.82, 2.24) is 10.6 Å². The fraction of sp³-hybridized carbons (Fsp3) is 0.769. The second kappa shape index (κ2) is 16.6. The van der Waals surface area contributed by atoms with Crippen LogP contribution in [-0.2, 0) is 33.3 Å². The van der Waals surface area contributed by atoms with Crippen LogP contribution in [0, 0.1) is 0 Å². The molecule has 0 saturated carbocycles. The van der Waals surface area contributed by atoms with Gasteiger partial charge in [-0.1, -0.05) is 0 Å². The fourth-order valence-corrected chi connectivity index (χ4v) is 1.28. The van der Waals surface area contributed by atoms with Crippen molar-refractivity contribution in [2.24, 2.45) is 5.73 Å². The van der Waals surface area contributed by atoms with E-state index in [2.05, 4.69) is 10.6 Å². The summed E-state index contributed by atoms with van der Waals surface area (Å²) < 4.78 is 20.3. The lowest BCUT2D eigenvalue weighted by atomic mass is 10.6. The number of rotatable bonds is 17. The Balaban J connectivity index is 3.19. The first-order chi connectivity index (χ1) is 11.2. The minimum atomic E-state index is -0.528. The van der Waals surface area contributed by atoms with Gasteiger partial charge in [-0.05, 0) is 0 Å². The number of nitrogens with two attached hydrogens (primary N) is 1. The van der Waals surface area contributed by atoms with E-state index >= 15 is 0 Å². The molecule has 0 aliphatic rings. The minimum Gasteiger partial charge on any atom is -0.377 e. The van der Waals surface area contributed by atoms with Crippen molar-refractivity contribution in [2.75, 3.05) is 65.9 Å². The van der Waals surface area contributed by atoms with Gasteiger partial charge in [-0.2, -0.15) is 0 Å². The smallest absolute Gasteiger partial charge is 0.246 e. The molecule has 0 bridgehead atoms. The number of carbonyl (C=O) groups excluding carboxylic acids is 3. The van der Waals surface area contributed by atoms with Crippen molar-refractivity contribution in [3.8, 4) is 0 Å². The van der Waals surface area contributed by atoms with Gasteiger partial charge in [0, 0.05) is 13.1 Å². The zero-order chi connectivity index (χ0) is 17.2. The van der Waals surface area contributed by atoms with E-state index in [1.807, 2.05) is 0 Å². The Labute approximate surface area is 134 Å². The Morgan fingerprint density at radius 2 is 1.39 bits per heavy atom. The molecule has 10 heteroatoms. The van der Waals surface area contributed by atoms with Crippen molar-refractivity contribution in [1.29, 1.82) is 0 Å². The first-order valence-electron chi connectivity index (χ1n) is 7.19. The maximum atomic E-state index is 11.4. The van der Waals surface area contributed by atoms with Crippen molar-refractivity contribution < 1.29 is 33.3 Å². The van der Waals surface area contributed by atoms with Crippen LogP contribution in [-0.4, -0.2) is 84.2 Å². The van der Waals surface area contributed by atoms with Crippen LogP contribution in [0.2, 0.25) is 0 Å². The number of amides is 3. The van der Waals surface area contributed by atoms with E-state index < -0.39 is 5.91 Å². The lowest BCUT2D eigenvalue weighted by Gasteiger charge is -2.08. The number of carbonyl (C=O) groups is 3. The highest BCUT2D eigenvalue weighted by Gasteiger charge is 2.00. The quantitative estimate of drug-likeness (QED) is 0.196. The van der Waals surface area contributed by atoms with E-state index in [4.69, 9.17) is 24.7 Å². The summed E-state index contributed by atoms with van der Waals surface area (Å²) in [5, 5.41) is 5.07. The molecule has 0 aromatic carbocycles. The molecule has 0 fully saturated rings. The second-order valence-corrected chi connectivity index (χ2v) is 4.22. The number of hydrogen-bond donors (Lipinski definition) is 3. The number of primary amides is 1. The number of ether oxygens (including phenoxy) is 4. The molecule has 0 aliphatic heterocycles. The zero-order valence-corrected chi connectivity index (χ0v) is 13.1. The van der Waals surface area contributed by atoms with Gasteiger partial charge in [0.1, 0.15) is 13.2 Å². The third-order valence-electron chi connectivity index (χ3n) is 2.26. The van der Waals surface area contributed by atoms with Crippen LogP contribution in [0.5, 0.6) is 0 Å². The molecule has 3 amide bonds. The van der Waals surface area contributed by atoms with Crippen molar-refractivity contribution in [2.45, 2.75) is 0 Å². The van der Waals surface area contributed by atoms with E-state index in [0.717, 1.165) is 0 Å². The van der Waals surface area contributed by atoms with Crippen LogP contribution in [0.3, 0.4) is 0 Å². The summed E-state index contributed by atoms with van der Waals surface area (Å²) in [7, 11) is 0. The third kappa shape index (κ3) is 18.2. The van der Waals surface area contributed by atoms with Crippen LogP contribution < -0.4 is 16.4 Å². The molecular weight excluding hydrogens is 310 g/mol. The summed E-state index contributed by atoms with van der Waals surface area (Å²) in [5.74, 6) is -0.776. The van der Waals surface area contributed by atoms with Crippen LogP contribution in [0.15, 0.2) is 0 Å². The molecule has 134 valence electrons. The molecule has 23 heavy (non-hydrogen) atoms. The van der Waals surface area contributed by atoms with E-state index in [9.17, 15) is 14.4 Å². The summed E-state index contributed by atoms with van der Waals surface area (Å²) in [6.45, 7) is 2.56. The minimum absolute atomic E-state index is 0.0579. The summed E-state index contributed by atoms with van der Waals surface area (Å²) in [5.41, 5.74) is 4.89. The standard InChI is InChI=1S/C13H25N3O7/c14-12(18)9-22-7-5-21-4-2-16-13(19)10-23-8-6-20-3-1-15-11-17/h11H,1-10H2,(H2,14,18)(H,15,17)(H,16,19). The Morgan fingerprint density at radius 1 is 0.826 bits per heavy atom. The molecule has 0 saturated heterocycles. The van der Waals surface area contributed by atoms with Gasteiger partial charge in [0.15, 0.2) is 0 Å². The van der Waals surface area contributed by atoms with Crippen molar-refractivity contribution in [3.63, 3.8) is 0 Å². The SMILES string of the molecule is NC(=O)COCCOCCNC(=O)COCCOCCNC=O. The van der Waals surface area contributed by atoms with Gasteiger partial charge in [-0.15, -0.1) is 0 Å². The zero-order valence-electron chi connectivity index (χ0n) is 13.1. The first-order valence-corrected chi connectivity index (χ1v) is 7.19. The van der Waals surface area contributed by atoms with Gasteiger partial charge in [-0.25, -0.2) is 0 Å². The predicted octanol–water partition coefficient (Wildman–Crippen LogP) is -2.60. The Morgan fingerprint density at radius 3 is 2.00 bits per heavy atom. The normalized spacial score (nSPS) is 10.3. The number of nitrogens with one attached hydrogen (secondary N) is 2. The highest BCUT2D eigenvalue weighted by Crippen LogP contribution is 1.81. The second-order valence-electron chi connectivity index (χ2n) is 4.22. The molecule has 0 aliphatic carbocycles. The highest BCUT2D eigenvalue weighted by molar-refractivity contribution is 5.77. The predicted molar refractivity (Wildman–Crippen MR) is 79.5 cm³/mol. The molecule has 0 spiro atoms. The lowest BCUT2D eigenvalue weighted by molar-refractivity contribution is -0.126. The molecule has 0 unspecified atom stereocenters. The first kappa shape index (κ1) is 21.2. The van der Waals surface area contributed by atoms with Crippen LogP contribution in [0.25, 0.3) is 0 Å². The molecule has 0 atom stereocenters. The number of hydrogen-bond acceptors (Lipinski definition) is 7. The van der Waals surface area contributed by atoms with Crippen molar-refractivity contribution in [3.05, 3.63) is 0 Å². The molecule has 0 rings (SSSR count). The monoisotopic (exact) mass is 335 g/mol. The molecule has 0 radical (unpaired) electrons. The lowest BCUT2D eigenvalue weighted by Crippen LogP contribution is -2.31. The van der Waals surface area contributed by atoms with Crippen LogP contribution in [0.4, 0.5) is 0 Å². The Kier molecular flexibility index (Phi) is 15.4. The average Bonchev–Trinajstić information content (AvgIpc) is 2.52. The van der Waals surface area contributed by atoms with Gasteiger partial charge in [0.05, 0.1) is 39.6 Å². The van der Waals surface area contributed by atoms with Crippen molar-refractivity contribution >= 4 is 18.2 Å². The summed E-state index contributed by atoms with van der Waals surface area (Å²) in [4.78, 5) is 31.7. The molecule has 0 aromatic heterocycles. The fourth-order valence-electron chi connectivity index (χ4n) is 1.28. The van der Waals surface area contributed by atoms with E-state index in [1.54, 1.807) is 0 Å². The summed E-state index contributed by atoms with van der Waals surface area (Å²) in [6, 6.07) is 0. The highest BCUT2D eigenvalue weighted by atomic mass is 16.5. The molecule has 4 N–H and O–H groups in total. The average molecular weight is 335 g/mol. The third-order valence-corrected chi connectivity index (χ3v) is 2.26. The molecular formula is C13H25N3O7. The van der Waals surface area contributed by atoms with E-state index in [-0.39, 0.29) is 25.7 Å². The molecule has 0 heterocycles. The largest absolute Gasteiger partial charge is 0.377 e. The van der Waals surface area contributed by atoms with Gasteiger partial charge in [0.2, 0.25) is 18.2 Å². The maximum Gasteiger partial charge on any atom is 0.246 e. The van der Waals surface area contributed by atoms with Crippen LogP contribution >= 0.6 is 0 Å². The summed E-state index contributed by atoms with van der Waals surface area (Å²) in [6.07, 6.45) is 0.599. The van der Waals surface area contributed by atoms with E-state index in [0.29, 0.717) is 52.5 Å². The Bertz CT molecular complexity index is 329. The summed E-state index contributed by atoms with van der Waals surface area (Å²) >= 11 is 0. The topological polar surface area (TPSA) is 138 Å². The molecule has 0 aromatic rings. The Hall–Kier alpha value is -1.75. The molecule has 10 nitrogen and oxygen atoms in total. The van der Waals surface area contributed by atoms with Gasteiger partial charge in [-0.3, -0.25) is 14.4 Å².